The molecule has 0 spiro atoms. The molecule has 4 rings (SSSR count). The zero-order chi connectivity index (χ0) is 20.4. The van der Waals surface area contributed by atoms with Crippen molar-refractivity contribution in [3.63, 3.8) is 0 Å². The summed E-state index contributed by atoms with van der Waals surface area (Å²) in [4.78, 5) is 23.5. The molecule has 0 saturated carbocycles. The number of fused-ring (bicyclic) bond motifs is 1. The van der Waals surface area contributed by atoms with E-state index in [0.29, 0.717) is 11.5 Å². The Morgan fingerprint density at radius 3 is 2.38 bits per heavy atom. The lowest BCUT2D eigenvalue weighted by molar-refractivity contribution is 0.0984. The maximum absolute atomic E-state index is 13.0. The predicted molar refractivity (Wildman–Crippen MR) is 117 cm³/mol. The fraction of sp³-hybridized carbons (Fsp3) is 0.292. The Hall–Kier alpha value is -3.21. The number of rotatable bonds is 3. The summed E-state index contributed by atoms with van der Waals surface area (Å²) < 4.78 is 0. The highest BCUT2D eigenvalue weighted by Gasteiger charge is 2.23. The smallest absolute Gasteiger partial charge is 0.261 e. The van der Waals surface area contributed by atoms with Gasteiger partial charge < -0.3 is 10.2 Å². The molecule has 0 radical (unpaired) electrons. The number of aryl methyl sites for hydroxylation is 1. The molecule has 0 unspecified atom stereocenters. The molecule has 0 atom stereocenters. The lowest BCUT2D eigenvalue weighted by atomic mass is 9.87. The van der Waals surface area contributed by atoms with Crippen LogP contribution in [0.2, 0.25) is 0 Å². The van der Waals surface area contributed by atoms with Crippen molar-refractivity contribution < 1.29 is 4.79 Å². The number of hydrogen-bond donors (Lipinski definition) is 1. The van der Waals surface area contributed by atoms with Gasteiger partial charge in [0.1, 0.15) is 0 Å². The summed E-state index contributed by atoms with van der Waals surface area (Å²) in [5.74, 6) is 0.419. The number of para-hydroxylation sites is 1. The SMILES string of the molecule is CC(C)(C)c1ccc(Nc2ncc(C(=O)N3CCCc4ccccc43)cn2)cc1. The van der Waals surface area contributed by atoms with Gasteiger partial charge in [-0.1, -0.05) is 51.1 Å². The Bertz CT molecular complexity index is 1000. The summed E-state index contributed by atoms with van der Waals surface area (Å²) in [5.41, 5.74) is 5.00. The maximum atomic E-state index is 13.0. The van der Waals surface area contributed by atoms with Crippen molar-refractivity contribution in [1.82, 2.24) is 9.97 Å². The molecule has 2 aromatic carbocycles. The molecule has 3 aromatic rings. The quantitative estimate of drug-likeness (QED) is 0.679. The number of carbonyl (C=O) groups is 1. The fourth-order valence-electron chi connectivity index (χ4n) is 3.59. The standard InChI is InChI=1S/C24H26N4O/c1-24(2,3)19-10-12-20(13-11-19)27-23-25-15-18(16-26-23)22(29)28-14-6-8-17-7-4-5-9-21(17)28/h4-5,7,9-13,15-16H,6,8,14H2,1-3H3,(H,25,26,27). The zero-order valence-electron chi connectivity index (χ0n) is 17.1. The molecule has 0 fully saturated rings. The van der Waals surface area contributed by atoms with Crippen LogP contribution in [0.1, 0.15) is 48.7 Å². The van der Waals surface area contributed by atoms with Gasteiger partial charge in [-0.05, 0) is 47.6 Å². The average molecular weight is 386 g/mol. The molecule has 1 aliphatic heterocycles. The van der Waals surface area contributed by atoms with Gasteiger partial charge >= 0.3 is 0 Å². The van der Waals surface area contributed by atoms with Crippen LogP contribution in [0.15, 0.2) is 60.9 Å². The Morgan fingerprint density at radius 1 is 1.00 bits per heavy atom. The monoisotopic (exact) mass is 386 g/mol. The zero-order valence-corrected chi connectivity index (χ0v) is 17.1. The van der Waals surface area contributed by atoms with E-state index < -0.39 is 0 Å². The topological polar surface area (TPSA) is 58.1 Å². The van der Waals surface area contributed by atoms with Crippen molar-refractivity contribution in [3.8, 4) is 0 Å². The van der Waals surface area contributed by atoms with Gasteiger partial charge in [0.15, 0.2) is 0 Å². The molecule has 0 aliphatic carbocycles. The third kappa shape index (κ3) is 4.14. The number of anilines is 3. The fourth-order valence-corrected chi connectivity index (χ4v) is 3.59. The van der Waals surface area contributed by atoms with Gasteiger partial charge in [0, 0.05) is 30.3 Å². The maximum Gasteiger partial charge on any atom is 0.261 e. The summed E-state index contributed by atoms with van der Waals surface area (Å²) in [7, 11) is 0. The van der Waals surface area contributed by atoms with Crippen LogP contribution >= 0.6 is 0 Å². The van der Waals surface area contributed by atoms with Crippen molar-refractivity contribution in [2.45, 2.75) is 39.0 Å². The molecular formula is C24H26N4O. The molecule has 1 amide bonds. The lowest BCUT2D eigenvalue weighted by Gasteiger charge is -2.29. The van der Waals surface area contributed by atoms with E-state index in [1.165, 1.54) is 11.1 Å². The van der Waals surface area contributed by atoms with Crippen molar-refractivity contribution in [1.29, 1.82) is 0 Å². The Labute approximate surface area is 171 Å². The molecule has 5 heteroatoms. The first kappa shape index (κ1) is 19.1. The van der Waals surface area contributed by atoms with Crippen LogP contribution in [0.3, 0.4) is 0 Å². The van der Waals surface area contributed by atoms with Gasteiger partial charge in [-0.2, -0.15) is 0 Å². The highest BCUT2D eigenvalue weighted by Crippen LogP contribution is 2.28. The van der Waals surface area contributed by atoms with Gasteiger partial charge in [0.2, 0.25) is 5.95 Å². The minimum Gasteiger partial charge on any atom is -0.324 e. The summed E-state index contributed by atoms with van der Waals surface area (Å²) in [6.07, 6.45) is 5.16. The molecule has 1 aromatic heterocycles. The number of amides is 1. The number of carbonyl (C=O) groups excluding carboxylic acids is 1. The second-order valence-corrected chi connectivity index (χ2v) is 8.44. The van der Waals surface area contributed by atoms with Crippen LogP contribution in [-0.4, -0.2) is 22.4 Å². The van der Waals surface area contributed by atoms with Gasteiger partial charge in [-0.3, -0.25) is 4.79 Å². The summed E-state index contributed by atoms with van der Waals surface area (Å²) in [5, 5.41) is 3.20. The molecule has 2 heterocycles. The van der Waals surface area contributed by atoms with Gasteiger partial charge in [-0.25, -0.2) is 9.97 Å². The number of benzene rings is 2. The van der Waals surface area contributed by atoms with E-state index in [0.717, 1.165) is 30.8 Å². The molecule has 5 nitrogen and oxygen atoms in total. The number of hydrogen-bond acceptors (Lipinski definition) is 4. The minimum atomic E-state index is -0.0572. The Balaban J connectivity index is 1.48. The first-order valence-corrected chi connectivity index (χ1v) is 10.0. The summed E-state index contributed by atoms with van der Waals surface area (Å²) in [6.45, 7) is 7.29. The molecule has 1 aliphatic rings. The van der Waals surface area contributed by atoms with E-state index >= 15 is 0 Å². The van der Waals surface area contributed by atoms with E-state index in [4.69, 9.17) is 0 Å². The first-order chi connectivity index (χ1) is 13.9. The van der Waals surface area contributed by atoms with E-state index in [1.807, 2.05) is 35.2 Å². The van der Waals surface area contributed by atoms with E-state index in [1.54, 1.807) is 12.4 Å². The Morgan fingerprint density at radius 2 is 1.69 bits per heavy atom. The van der Waals surface area contributed by atoms with Crippen LogP contribution in [0.25, 0.3) is 0 Å². The highest BCUT2D eigenvalue weighted by molar-refractivity contribution is 6.06. The van der Waals surface area contributed by atoms with Crippen LogP contribution in [0.5, 0.6) is 0 Å². The molecule has 0 bridgehead atoms. The summed E-state index contributed by atoms with van der Waals surface area (Å²) >= 11 is 0. The molecule has 148 valence electrons. The molecule has 29 heavy (non-hydrogen) atoms. The first-order valence-electron chi connectivity index (χ1n) is 10.0. The summed E-state index contributed by atoms with van der Waals surface area (Å²) in [6, 6.07) is 16.3. The van der Waals surface area contributed by atoms with E-state index in [-0.39, 0.29) is 11.3 Å². The van der Waals surface area contributed by atoms with Crippen LogP contribution < -0.4 is 10.2 Å². The third-order valence-corrected chi connectivity index (χ3v) is 5.26. The second-order valence-electron chi connectivity index (χ2n) is 8.44. The van der Waals surface area contributed by atoms with Crippen molar-refractivity contribution in [3.05, 3.63) is 77.6 Å². The van der Waals surface area contributed by atoms with Gasteiger partial charge in [-0.15, -0.1) is 0 Å². The predicted octanol–water partition coefficient (Wildman–Crippen LogP) is 5.11. The van der Waals surface area contributed by atoms with Crippen molar-refractivity contribution >= 4 is 23.2 Å². The largest absolute Gasteiger partial charge is 0.324 e. The van der Waals surface area contributed by atoms with Crippen molar-refractivity contribution in [2.24, 2.45) is 0 Å². The molecule has 0 saturated heterocycles. The average Bonchev–Trinajstić information content (AvgIpc) is 2.73. The highest BCUT2D eigenvalue weighted by atomic mass is 16.2. The number of nitrogens with zero attached hydrogens (tertiary/aromatic N) is 3. The van der Waals surface area contributed by atoms with Crippen LogP contribution in [0, 0.1) is 0 Å². The second kappa shape index (κ2) is 7.66. The van der Waals surface area contributed by atoms with Gasteiger partial charge in [0.05, 0.1) is 5.56 Å². The van der Waals surface area contributed by atoms with Crippen LogP contribution in [-0.2, 0) is 11.8 Å². The molecule has 1 N–H and O–H groups in total. The van der Waals surface area contributed by atoms with Crippen LogP contribution in [0.4, 0.5) is 17.3 Å². The normalized spacial score (nSPS) is 13.7. The third-order valence-electron chi connectivity index (χ3n) is 5.26. The van der Waals surface area contributed by atoms with E-state index in [2.05, 4.69) is 54.3 Å². The van der Waals surface area contributed by atoms with E-state index in [9.17, 15) is 4.79 Å². The van der Waals surface area contributed by atoms with Crippen molar-refractivity contribution in [2.75, 3.05) is 16.8 Å². The van der Waals surface area contributed by atoms with Gasteiger partial charge in [0.25, 0.3) is 5.91 Å². The molecular weight excluding hydrogens is 360 g/mol. The lowest BCUT2D eigenvalue weighted by Crippen LogP contribution is -2.35. The minimum absolute atomic E-state index is 0.0572. The Kier molecular flexibility index (Phi) is 5.05. The number of nitrogens with one attached hydrogen (secondary N) is 1. The number of aromatic nitrogens is 2.